The fourth-order valence-electron chi connectivity index (χ4n) is 3.79. The molecule has 1 fully saturated rings. The van der Waals surface area contributed by atoms with Gasteiger partial charge in [-0.25, -0.2) is 8.42 Å². The van der Waals surface area contributed by atoms with Crippen molar-refractivity contribution in [2.75, 3.05) is 20.8 Å². The average molecular weight is 448 g/mol. The van der Waals surface area contributed by atoms with Crippen LogP contribution in [-0.4, -0.2) is 50.4 Å². The topological polar surface area (TPSA) is 97.8 Å². The van der Waals surface area contributed by atoms with Gasteiger partial charge >= 0.3 is 0 Å². The summed E-state index contributed by atoms with van der Waals surface area (Å²) in [5, 5.41) is 2.82. The molecule has 2 aromatic rings. The average Bonchev–Trinajstić information content (AvgIpc) is 2.81. The van der Waals surface area contributed by atoms with E-state index in [-0.39, 0.29) is 23.4 Å². The Morgan fingerprint density at radius 1 is 1.06 bits per heavy atom. The minimum atomic E-state index is -3.91. The van der Waals surface area contributed by atoms with Crippen molar-refractivity contribution in [2.45, 2.75) is 49.6 Å². The van der Waals surface area contributed by atoms with Crippen LogP contribution >= 0.6 is 0 Å². The van der Waals surface area contributed by atoms with Crippen LogP contribution in [-0.2, 0) is 21.4 Å². The van der Waals surface area contributed by atoms with Gasteiger partial charge in [0.2, 0.25) is 15.9 Å². The third-order valence-corrected chi connectivity index (χ3v) is 7.38. The number of carbonyl (C=O) groups is 1. The maximum Gasteiger partial charge on any atom is 0.243 e. The highest BCUT2D eigenvalue weighted by molar-refractivity contribution is 7.89. The first-order chi connectivity index (χ1) is 15.0. The van der Waals surface area contributed by atoms with Crippen molar-refractivity contribution in [3.8, 4) is 11.5 Å². The Morgan fingerprint density at radius 3 is 2.39 bits per heavy atom. The minimum Gasteiger partial charge on any atom is -0.493 e. The lowest BCUT2D eigenvalue weighted by atomic mass is 9.95. The van der Waals surface area contributed by atoms with Crippen LogP contribution in [0.25, 0.3) is 0 Å². The van der Waals surface area contributed by atoms with Crippen molar-refractivity contribution in [3.05, 3.63) is 48.3 Å². The van der Waals surface area contributed by atoms with Gasteiger partial charge in [0.25, 0.3) is 0 Å². The van der Waals surface area contributed by atoms with Gasteiger partial charge < -0.3 is 14.8 Å². The fraction of sp³-hybridized carbons (Fsp3) is 0.455. The van der Waals surface area contributed by atoms with E-state index in [0.29, 0.717) is 18.0 Å². The Morgan fingerprint density at radius 2 is 1.74 bits per heavy atom. The molecule has 1 aliphatic rings. The normalized spacial score (nSPS) is 14.9. The highest BCUT2D eigenvalue weighted by Crippen LogP contribution is 2.33. The molecule has 0 aliphatic heterocycles. The second-order valence-electron chi connectivity index (χ2n) is 7.49. The third-order valence-electron chi connectivity index (χ3n) is 5.48. The molecular weight excluding hydrogens is 418 g/mol. The van der Waals surface area contributed by atoms with E-state index in [0.717, 1.165) is 37.7 Å². The van der Waals surface area contributed by atoms with Crippen LogP contribution in [0.15, 0.2) is 47.6 Å². The Bertz CT molecular complexity index is 976. The number of sulfonamides is 1. The number of ether oxygens (including phenoxy) is 2. The van der Waals surface area contributed by atoms with E-state index < -0.39 is 10.0 Å². The van der Waals surface area contributed by atoms with E-state index in [9.17, 15) is 13.2 Å². The van der Waals surface area contributed by atoms with Crippen LogP contribution in [0.3, 0.4) is 0 Å². The summed E-state index contributed by atoms with van der Waals surface area (Å²) in [4.78, 5) is 16.7. The molecular formula is C22H29N3O5S. The first-order valence-electron chi connectivity index (χ1n) is 10.3. The third kappa shape index (κ3) is 5.74. The number of amides is 1. The zero-order valence-corrected chi connectivity index (χ0v) is 18.7. The van der Waals surface area contributed by atoms with Crippen molar-refractivity contribution in [1.29, 1.82) is 0 Å². The maximum absolute atomic E-state index is 13.6. The number of rotatable bonds is 9. The van der Waals surface area contributed by atoms with Gasteiger partial charge in [-0.2, -0.15) is 4.31 Å². The number of pyridine rings is 1. The van der Waals surface area contributed by atoms with Crippen LogP contribution in [0.5, 0.6) is 11.5 Å². The molecule has 0 unspecified atom stereocenters. The molecule has 0 radical (unpaired) electrons. The summed E-state index contributed by atoms with van der Waals surface area (Å²) >= 11 is 0. The molecule has 0 atom stereocenters. The SMILES string of the molecule is COc1ccc(S(=O)(=O)N(CC(=O)NCc2ccncc2)C2CCCCC2)cc1OC. The largest absolute Gasteiger partial charge is 0.493 e. The smallest absolute Gasteiger partial charge is 0.243 e. The van der Waals surface area contributed by atoms with Crippen LogP contribution in [0.1, 0.15) is 37.7 Å². The highest BCUT2D eigenvalue weighted by atomic mass is 32.2. The lowest BCUT2D eigenvalue weighted by Crippen LogP contribution is -2.46. The van der Waals surface area contributed by atoms with Gasteiger partial charge in [-0.05, 0) is 42.7 Å². The molecule has 1 saturated carbocycles. The summed E-state index contributed by atoms with van der Waals surface area (Å²) in [7, 11) is -0.958. The minimum absolute atomic E-state index is 0.0812. The van der Waals surface area contributed by atoms with E-state index >= 15 is 0 Å². The molecule has 1 aromatic carbocycles. The van der Waals surface area contributed by atoms with Gasteiger partial charge in [0.05, 0.1) is 25.7 Å². The fourth-order valence-corrected chi connectivity index (χ4v) is 5.45. The molecule has 168 valence electrons. The molecule has 0 bridgehead atoms. The number of carbonyl (C=O) groups excluding carboxylic acids is 1. The lowest BCUT2D eigenvalue weighted by molar-refractivity contribution is -0.121. The summed E-state index contributed by atoms with van der Waals surface area (Å²) in [6.07, 6.45) is 7.75. The molecule has 3 rings (SSSR count). The molecule has 1 heterocycles. The van der Waals surface area contributed by atoms with E-state index in [4.69, 9.17) is 9.47 Å². The highest BCUT2D eigenvalue weighted by Gasteiger charge is 2.34. The second kappa shape index (κ2) is 10.6. The van der Waals surface area contributed by atoms with E-state index in [2.05, 4.69) is 10.3 Å². The number of hydrogen-bond donors (Lipinski definition) is 1. The van der Waals surface area contributed by atoms with Crippen molar-refractivity contribution >= 4 is 15.9 Å². The number of aromatic nitrogens is 1. The first-order valence-corrected chi connectivity index (χ1v) is 11.8. The number of hydrogen-bond acceptors (Lipinski definition) is 6. The van der Waals surface area contributed by atoms with E-state index in [1.807, 2.05) is 0 Å². The molecule has 0 saturated heterocycles. The van der Waals surface area contributed by atoms with Crippen LogP contribution < -0.4 is 14.8 Å². The molecule has 0 spiro atoms. The summed E-state index contributed by atoms with van der Waals surface area (Å²) < 4.78 is 38.9. The number of methoxy groups -OCH3 is 2. The number of benzene rings is 1. The Kier molecular flexibility index (Phi) is 7.86. The maximum atomic E-state index is 13.6. The van der Waals surface area contributed by atoms with Crippen LogP contribution in [0.2, 0.25) is 0 Å². The first kappa shape index (κ1) is 23.0. The van der Waals surface area contributed by atoms with E-state index in [1.165, 1.54) is 30.7 Å². The van der Waals surface area contributed by atoms with Crippen molar-refractivity contribution in [1.82, 2.24) is 14.6 Å². The van der Waals surface area contributed by atoms with Gasteiger partial charge in [0.1, 0.15) is 0 Å². The number of nitrogens with zero attached hydrogens (tertiary/aromatic N) is 2. The zero-order chi connectivity index (χ0) is 22.3. The van der Waals surface area contributed by atoms with Crippen molar-refractivity contribution < 1.29 is 22.7 Å². The van der Waals surface area contributed by atoms with Crippen LogP contribution in [0, 0.1) is 0 Å². The van der Waals surface area contributed by atoms with Crippen molar-refractivity contribution in [2.24, 2.45) is 0 Å². The quantitative estimate of drug-likeness (QED) is 0.635. The van der Waals surface area contributed by atoms with Gasteiger partial charge in [-0.15, -0.1) is 0 Å². The Labute approximate surface area is 183 Å². The predicted molar refractivity (Wildman–Crippen MR) is 116 cm³/mol. The molecule has 1 aliphatic carbocycles. The molecule has 8 nitrogen and oxygen atoms in total. The van der Waals surface area contributed by atoms with Crippen LogP contribution in [0.4, 0.5) is 0 Å². The molecule has 31 heavy (non-hydrogen) atoms. The molecule has 1 aromatic heterocycles. The Hall–Kier alpha value is -2.65. The summed E-state index contributed by atoms with van der Waals surface area (Å²) in [5.41, 5.74) is 0.898. The van der Waals surface area contributed by atoms with Gasteiger partial charge in [0.15, 0.2) is 11.5 Å². The summed E-state index contributed by atoms with van der Waals surface area (Å²) in [5.74, 6) is 0.432. The van der Waals surface area contributed by atoms with Gasteiger partial charge in [-0.3, -0.25) is 9.78 Å². The summed E-state index contributed by atoms with van der Waals surface area (Å²) in [6.45, 7) is 0.0860. The predicted octanol–water partition coefficient (Wildman–Crippen LogP) is 2.74. The number of nitrogens with one attached hydrogen (secondary N) is 1. The van der Waals surface area contributed by atoms with Gasteiger partial charge in [0, 0.05) is 31.0 Å². The summed E-state index contributed by atoms with van der Waals surface area (Å²) in [6, 6.07) is 7.90. The van der Waals surface area contributed by atoms with Gasteiger partial charge in [-0.1, -0.05) is 19.3 Å². The standard InChI is InChI=1S/C22H29N3O5S/c1-29-20-9-8-19(14-21(20)30-2)31(27,28)25(18-6-4-3-5-7-18)16-22(26)24-15-17-10-12-23-13-11-17/h8-14,18H,3-7,15-16H2,1-2H3,(H,24,26). The second-order valence-corrected chi connectivity index (χ2v) is 9.38. The molecule has 1 N–H and O–H groups in total. The van der Waals surface area contributed by atoms with E-state index in [1.54, 1.807) is 30.6 Å². The lowest BCUT2D eigenvalue weighted by Gasteiger charge is -2.33. The zero-order valence-electron chi connectivity index (χ0n) is 17.9. The van der Waals surface area contributed by atoms with Crippen molar-refractivity contribution in [3.63, 3.8) is 0 Å². The molecule has 9 heteroatoms. The molecule has 1 amide bonds. The Balaban J connectivity index is 1.83. The monoisotopic (exact) mass is 447 g/mol.